The second kappa shape index (κ2) is 11.6. The molecule has 122 valence electrons. The van der Waals surface area contributed by atoms with Crippen LogP contribution >= 0.6 is 0 Å². The number of ether oxygens (including phenoxy) is 3. The summed E-state index contributed by atoms with van der Waals surface area (Å²) in [5.41, 5.74) is 0. The average molecular weight is 308 g/mol. The number of hydrogen-bond donors (Lipinski definition) is 0. The van der Waals surface area contributed by atoms with Gasteiger partial charge in [0.1, 0.15) is 12.2 Å². The van der Waals surface area contributed by atoms with E-state index in [0.717, 1.165) is 31.4 Å². The summed E-state index contributed by atoms with van der Waals surface area (Å²) in [5, 5.41) is 0. The van der Waals surface area contributed by atoms with E-state index >= 15 is 0 Å². The highest BCUT2D eigenvalue weighted by molar-refractivity contribution is 5.91. The van der Waals surface area contributed by atoms with Crippen LogP contribution in [0.5, 0.6) is 5.75 Å². The first-order valence-electron chi connectivity index (χ1n) is 7.71. The second-order valence-electron chi connectivity index (χ2n) is 4.78. The Morgan fingerprint density at radius 2 is 1.50 bits per heavy atom. The van der Waals surface area contributed by atoms with E-state index in [4.69, 9.17) is 9.47 Å². The number of carbonyl (C=O) groups excluding carboxylic acids is 2. The molecule has 5 nitrogen and oxygen atoms in total. The van der Waals surface area contributed by atoms with Crippen LogP contribution in [0.4, 0.5) is 0 Å². The molecule has 0 unspecified atom stereocenters. The predicted molar refractivity (Wildman–Crippen MR) is 82.6 cm³/mol. The van der Waals surface area contributed by atoms with Gasteiger partial charge in [0.15, 0.2) is 0 Å². The normalized spacial score (nSPS) is 10.0. The van der Waals surface area contributed by atoms with Gasteiger partial charge in [-0.15, -0.1) is 0 Å². The minimum absolute atomic E-state index is 0.275. The minimum atomic E-state index is -0.537. The Kier molecular flexibility index (Phi) is 9.50. The molecule has 0 aliphatic heterocycles. The van der Waals surface area contributed by atoms with Crippen LogP contribution in [0.15, 0.2) is 30.3 Å². The molecule has 0 heterocycles. The first kappa shape index (κ1) is 18.0. The van der Waals surface area contributed by atoms with Crippen molar-refractivity contribution >= 4 is 11.9 Å². The van der Waals surface area contributed by atoms with Gasteiger partial charge >= 0.3 is 11.9 Å². The van der Waals surface area contributed by atoms with E-state index in [-0.39, 0.29) is 13.0 Å². The summed E-state index contributed by atoms with van der Waals surface area (Å²) in [7, 11) is 0. The molecule has 0 saturated carbocycles. The van der Waals surface area contributed by atoms with Crippen molar-refractivity contribution in [2.45, 2.75) is 39.0 Å². The van der Waals surface area contributed by atoms with Crippen molar-refractivity contribution in [1.82, 2.24) is 0 Å². The Morgan fingerprint density at radius 1 is 0.864 bits per heavy atom. The lowest BCUT2D eigenvalue weighted by molar-refractivity contribution is -0.154. The highest BCUT2D eigenvalue weighted by Crippen LogP contribution is 2.09. The van der Waals surface area contributed by atoms with E-state index in [1.165, 1.54) is 0 Å². The molecule has 0 aromatic heterocycles. The summed E-state index contributed by atoms with van der Waals surface area (Å²) >= 11 is 0. The van der Waals surface area contributed by atoms with E-state index < -0.39 is 11.9 Å². The smallest absolute Gasteiger partial charge is 0.317 e. The van der Waals surface area contributed by atoms with Gasteiger partial charge < -0.3 is 14.2 Å². The number of rotatable bonds is 11. The maximum absolute atomic E-state index is 11.3. The molecule has 0 N–H and O–H groups in total. The van der Waals surface area contributed by atoms with E-state index in [1.807, 2.05) is 30.3 Å². The largest absolute Gasteiger partial charge is 0.494 e. The van der Waals surface area contributed by atoms with E-state index in [0.29, 0.717) is 13.2 Å². The van der Waals surface area contributed by atoms with Crippen LogP contribution in [-0.2, 0) is 19.1 Å². The number of benzene rings is 1. The summed E-state index contributed by atoms with van der Waals surface area (Å²) < 4.78 is 15.2. The van der Waals surface area contributed by atoms with Gasteiger partial charge in [-0.2, -0.15) is 0 Å². The molecular formula is C17H24O5. The monoisotopic (exact) mass is 308 g/mol. The molecular weight excluding hydrogens is 284 g/mol. The first-order chi connectivity index (χ1) is 10.7. The molecule has 1 aromatic carbocycles. The van der Waals surface area contributed by atoms with Gasteiger partial charge in [0.25, 0.3) is 0 Å². The quantitative estimate of drug-likeness (QED) is 0.357. The number of hydrogen-bond acceptors (Lipinski definition) is 5. The van der Waals surface area contributed by atoms with Crippen LogP contribution in [-0.4, -0.2) is 31.8 Å². The van der Waals surface area contributed by atoms with Crippen LogP contribution in [0.2, 0.25) is 0 Å². The lowest BCUT2D eigenvalue weighted by Gasteiger charge is -2.06. The molecule has 0 aliphatic rings. The highest BCUT2D eigenvalue weighted by Gasteiger charge is 2.10. The van der Waals surface area contributed by atoms with Crippen molar-refractivity contribution in [3.8, 4) is 5.75 Å². The van der Waals surface area contributed by atoms with E-state index in [2.05, 4.69) is 4.74 Å². The minimum Gasteiger partial charge on any atom is -0.494 e. The topological polar surface area (TPSA) is 61.8 Å². The van der Waals surface area contributed by atoms with E-state index in [9.17, 15) is 9.59 Å². The Bertz CT molecular complexity index is 430. The van der Waals surface area contributed by atoms with Crippen molar-refractivity contribution in [2.75, 3.05) is 19.8 Å². The van der Waals surface area contributed by atoms with Crippen LogP contribution < -0.4 is 4.74 Å². The number of carbonyl (C=O) groups is 2. The molecule has 5 heteroatoms. The fraction of sp³-hybridized carbons (Fsp3) is 0.529. The van der Waals surface area contributed by atoms with Gasteiger partial charge in [0.05, 0.1) is 19.8 Å². The zero-order valence-corrected chi connectivity index (χ0v) is 13.1. The van der Waals surface area contributed by atoms with Gasteiger partial charge in [0, 0.05) is 0 Å². The van der Waals surface area contributed by atoms with Crippen molar-refractivity contribution in [1.29, 1.82) is 0 Å². The molecule has 0 aliphatic carbocycles. The standard InChI is InChI=1S/C17H24O5/c1-2-20-16(18)14-17(19)22-13-9-4-3-8-12-21-15-10-6-5-7-11-15/h5-7,10-11H,2-4,8-9,12-14H2,1H3. The summed E-state index contributed by atoms with van der Waals surface area (Å²) in [5.74, 6) is -0.174. The number of esters is 2. The summed E-state index contributed by atoms with van der Waals surface area (Å²) in [6, 6.07) is 9.71. The lowest BCUT2D eigenvalue weighted by Crippen LogP contribution is -2.14. The molecule has 1 aromatic rings. The summed E-state index contributed by atoms with van der Waals surface area (Å²) in [6.45, 7) is 3.01. The Balaban J connectivity index is 1.91. The third kappa shape index (κ3) is 9.00. The number of unbranched alkanes of at least 4 members (excludes halogenated alkanes) is 3. The molecule has 0 amide bonds. The van der Waals surface area contributed by atoms with Gasteiger partial charge in [0.2, 0.25) is 0 Å². The lowest BCUT2D eigenvalue weighted by atomic mass is 10.2. The maximum atomic E-state index is 11.3. The van der Waals surface area contributed by atoms with Crippen LogP contribution in [0.1, 0.15) is 39.0 Å². The maximum Gasteiger partial charge on any atom is 0.317 e. The number of para-hydroxylation sites is 1. The van der Waals surface area contributed by atoms with Crippen molar-refractivity contribution in [2.24, 2.45) is 0 Å². The Labute approximate surface area is 131 Å². The highest BCUT2D eigenvalue weighted by atomic mass is 16.6. The molecule has 22 heavy (non-hydrogen) atoms. The van der Waals surface area contributed by atoms with Gasteiger partial charge in [-0.05, 0) is 44.7 Å². The Hall–Kier alpha value is -2.04. The van der Waals surface area contributed by atoms with Crippen LogP contribution in [0.3, 0.4) is 0 Å². The molecule has 0 saturated heterocycles. The molecule has 1 rings (SSSR count). The van der Waals surface area contributed by atoms with Crippen LogP contribution in [0.25, 0.3) is 0 Å². The van der Waals surface area contributed by atoms with Crippen LogP contribution in [0, 0.1) is 0 Å². The predicted octanol–water partition coefficient (Wildman–Crippen LogP) is 3.12. The Morgan fingerprint density at radius 3 is 2.18 bits per heavy atom. The molecule has 0 bridgehead atoms. The third-order valence-electron chi connectivity index (χ3n) is 2.91. The molecule has 0 fully saturated rings. The second-order valence-corrected chi connectivity index (χ2v) is 4.78. The fourth-order valence-corrected chi connectivity index (χ4v) is 1.83. The zero-order valence-electron chi connectivity index (χ0n) is 13.1. The SMILES string of the molecule is CCOC(=O)CC(=O)OCCCCCCOc1ccccc1. The van der Waals surface area contributed by atoms with Gasteiger partial charge in [-0.25, -0.2) is 0 Å². The van der Waals surface area contributed by atoms with Gasteiger partial charge in [-0.1, -0.05) is 18.2 Å². The zero-order chi connectivity index (χ0) is 16.0. The molecule has 0 atom stereocenters. The molecule has 0 radical (unpaired) electrons. The molecule has 0 spiro atoms. The summed E-state index contributed by atoms with van der Waals surface area (Å²) in [6.07, 6.45) is 3.43. The fourth-order valence-electron chi connectivity index (χ4n) is 1.83. The third-order valence-corrected chi connectivity index (χ3v) is 2.91. The van der Waals surface area contributed by atoms with Crippen molar-refractivity contribution in [3.05, 3.63) is 30.3 Å². The van der Waals surface area contributed by atoms with Crippen molar-refractivity contribution < 1.29 is 23.8 Å². The average Bonchev–Trinajstić information content (AvgIpc) is 2.51. The summed E-state index contributed by atoms with van der Waals surface area (Å²) in [4.78, 5) is 22.3. The van der Waals surface area contributed by atoms with Gasteiger partial charge in [-0.3, -0.25) is 9.59 Å². The van der Waals surface area contributed by atoms with Crippen molar-refractivity contribution in [3.63, 3.8) is 0 Å². The first-order valence-corrected chi connectivity index (χ1v) is 7.71. The van der Waals surface area contributed by atoms with E-state index in [1.54, 1.807) is 6.92 Å².